The summed E-state index contributed by atoms with van der Waals surface area (Å²) >= 11 is 0. The Balaban J connectivity index is 0.000000631. The van der Waals surface area contributed by atoms with E-state index in [0.717, 1.165) is 0 Å². The molecule has 0 aromatic rings. The Hall–Kier alpha value is -1.72. The summed E-state index contributed by atoms with van der Waals surface area (Å²) in [6.07, 6.45) is 8.04. The van der Waals surface area contributed by atoms with Crippen molar-refractivity contribution >= 4 is 0 Å². The molecule has 0 aliphatic heterocycles. The van der Waals surface area contributed by atoms with E-state index in [-0.39, 0.29) is 0 Å². The van der Waals surface area contributed by atoms with E-state index in [2.05, 4.69) is 13.8 Å². The Morgan fingerprint density at radius 2 is 1.17 bits per heavy atom. The third-order valence-corrected chi connectivity index (χ3v) is 3.24. The number of allylic oxidation sites excluding steroid dienone is 2. The highest BCUT2D eigenvalue weighted by Crippen LogP contribution is 2.33. The molecule has 0 bridgehead atoms. The largest absolute Gasteiger partial charge is 0.309 e. The molecule has 0 fully saturated rings. The second kappa shape index (κ2) is 6.28. The molecule has 1 rings (SSSR count). The molecule has 1 aliphatic rings. The Morgan fingerprint density at radius 3 is 1.33 bits per heavy atom. The van der Waals surface area contributed by atoms with Gasteiger partial charge in [0, 0.05) is 23.7 Å². The highest BCUT2D eigenvalue weighted by atomic mass is 16.6. The second-order valence-electron chi connectivity index (χ2n) is 4.53. The van der Waals surface area contributed by atoms with E-state index in [1.165, 1.54) is 51.0 Å². The van der Waals surface area contributed by atoms with Crippen molar-refractivity contribution in [1.29, 1.82) is 0 Å². The van der Waals surface area contributed by atoms with Crippen LogP contribution in [0.15, 0.2) is 24.3 Å². The average molecular weight is 256 g/mol. The Morgan fingerprint density at radius 1 is 0.889 bits per heavy atom. The van der Waals surface area contributed by atoms with Crippen LogP contribution >= 0.6 is 0 Å². The molecule has 0 amide bonds. The minimum absolute atomic E-state index is 0.629. The first-order valence-electron chi connectivity index (χ1n) is 5.92. The second-order valence-corrected chi connectivity index (χ2v) is 4.53. The van der Waals surface area contributed by atoms with Gasteiger partial charge in [-0.1, -0.05) is 38.8 Å². The van der Waals surface area contributed by atoms with Crippen LogP contribution in [-0.2, 0) is 0 Å². The highest BCUT2D eigenvalue weighted by molar-refractivity contribution is 5.27. The normalized spacial score (nSPS) is 29.3. The van der Waals surface area contributed by atoms with Crippen LogP contribution in [0.5, 0.6) is 0 Å². The average Bonchev–Trinajstić information content (AvgIpc) is 2.33. The molecule has 6 heteroatoms. The SMILES string of the molecule is CC1([N+](=O)[O-])C=CC=CC1(C)[N+](=O)[O-].CCCC. The van der Waals surface area contributed by atoms with Crippen LogP contribution in [0.25, 0.3) is 0 Å². The molecule has 0 radical (unpaired) electrons. The van der Waals surface area contributed by atoms with Crippen LogP contribution in [0, 0.1) is 20.2 Å². The molecule has 102 valence electrons. The molecule has 0 saturated carbocycles. The lowest BCUT2D eigenvalue weighted by molar-refractivity contribution is -0.659. The van der Waals surface area contributed by atoms with Gasteiger partial charge in [-0.2, -0.15) is 0 Å². The summed E-state index contributed by atoms with van der Waals surface area (Å²) in [5.74, 6) is 0. The monoisotopic (exact) mass is 256 g/mol. The van der Waals surface area contributed by atoms with Crippen molar-refractivity contribution in [2.45, 2.75) is 51.6 Å². The van der Waals surface area contributed by atoms with E-state index < -0.39 is 20.9 Å². The number of rotatable bonds is 3. The van der Waals surface area contributed by atoms with Crippen LogP contribution in [0.4, 0.5) is 0 Å². The topological polar surface area (TPSA) is 86.3 Å². The maximum Gasteiger partial charge on any atom is 0.309 e. The molecule has 18 heavy (non-hydrogen) atoms. The van der Waals surface area contributed by atoms with Crippen LogP contribution in [-0.4, -0.2) is 20.9 Å². The molecular formula is C12H20N2O4. The van der Waals surface area contributed by atoms with Crippen molar-refractivity contribution in [2.75, 3.05) is 0 Å². The van der Waals surface area contributed by atoms with Crippen molar-refractivity contribution < 1.29 is 9.85 Å². The van der Waals surface area contributed by atoms with Gasteiger partial charge in [-0.05, 0) is 12.2 Å². The van der Waals surface area contributed by atoms with Crippen molar-refractivity contribution in [3.05, 3.63) is 44.5 Å². The lowest BCUT2D eigenvalue weighted by atomic mass is 9.77. The zero-order valence-electron chi connectivity index (χ0n) is 11.3. The molecule has 6 nitrogen and oxygen atoms in total. The molecule has 0 aromatic carbocycles. The van der Waals surface area contributed by atoms with E-state index >= 15 is 0 Å². The van der Waals surface area contributed by atoms with E-state index in [1.54, 1.807) is 0 Å². The number of hydrogen-bond donors (Lipinski definition) is 0. The predicted molar refractivity (Wildman–Crippen MR) is 69.7 cm³/mol. The quantitative estimate of drug-likeness (QED) is 0.573. The first kappa shape index (κ1) is 16.3. The summed E-state index contributed by atoms with van der Waals surface area (Å²) in [5.41, 5.74) is -3.38. The standard InChI is InChI=1S/C8H10N2O4.C4H10/c1-7(9(11)12)5-3-4-6-8(7,2)10(13)14;1-3-4-2/h3-6H,1-2H3;3-4H2,1-2H3. The van der Waals surface area contributed by atoms with Crippen LogP contribution in [0.3, 0.4) is 0 Å². The van der Waals surface area contributed by atoms with E-state index in [9.17, 15) is 20.2 Å². The van der Waals surface area contributed by atoms with Gasteiger partial charge >= 0.3 is 11.1 Å². The molecule has 1 aliphatic carbocycles. The van der Waals surface area contributed by atoms with Crippen molar-refractivity contribution in [2.24, 2.45) is 0 Å². The summed E-state index contributed by atoms with van der Waals surface area (Å²) in [6.45, 7) is 6.85. The maximum absolute atomic E-state index is 10.8. The summed E-state index contributed by atoms with van der Waals surface area (Å²) in [4.78, 5) is 20.4. The first-order chi connectivity index (χ1) is 8.26. The van der Waals surface area contributed by atoms with Gasteiger partial charge in [-0.15, -0.1) is 0 Å². The Kier molecular flexibility index (Phi) is 5.68. The fourth-order valence-corrected chi connectivity index (χ4v) is 1.31. The zero-order valence-corrected chi connectivity index (χ0v) is 11.3. The Labute approximate surface area is 107 Å². The summed E-state index contributed by atoms with van der Waals surface area (Å²) in [5, 5.41) is 21.6. The van der Waals surface area contributed by atoms with Crippen molar-refractivity contribution in [1.82, 2.24) is 0 Å². The maximum atomic E-state index is 10.8. The minimum Gasteiger partial charge on any atom is -0.263 e. The van der Waals surface area contributed by atoms with Gasteiger partial charge in [-0.25, -0.2) is 0 Å². The molecule has 0 aromatic heterocycles. The van der Waals surface area contributed by atoms with E-state index in [1.807, 2.05) is 0 Å². The summed E-state index contributed by atoms with van der Waals surface area (Å²) in [7, 11) is 0. The fourth-order valence-electron chi connectivity index (χ4n) is 1.31. The lowest BCUT2D eigenvalue weighted by Gasteiger charge is -2.29. The zero-order chi connectivity index (χ0) is 14.4. The van der Waals surface area contributed by atoms with Crippen molar-refractivity contribution in [3.63, 3.8) is 0 Å². The fraction of sp³-hybridized carbons (Fsp3) is 0.667. The smallest absolute Gasteiger partial charge is 0.263 e. The van der Waals surface area contributed by atoms with Crippen molar-refractivity contribution in [3.8, 4) is 0 Å². The third-order valence-electron chi connectivity index (χ3n) is 3.24. The minimum atomic E-state index is -1.69. The highest BCUT2D eigenvalue weighted by Gasteiger charge is 2.62. The van der Waals surface area contributed by atoms with Crippen LogP contribution < -0.4 is 0 Å². The molecule has 0 saturated heterocycles. The number of unbranched alkanes of at least 4 members (excludes halogenated alkanes) is 1. The van der Waals surface area contributed by atoms with Gasteiger partial charge < -0.3 is 0 Å². The van der Waals surface area contributed by atoms with Crippen LogP contribution in [0.1, 0.15) is 40.5 Å². The molecule has 0 spiro atoms. The van der Waals surface area contributed by atoms with E-state index in [4.69, 9.17) is 0 Å². The van der Waals surface area contributed by atoms with Gasteiger partial charge in [0.1, 0.15) is 0 Å². The molecule has 2 unspecified atom stereocenters. The molecule has 2 atom stereocenters. The third kappa shape index (κ3) is 2.94. The van der Waals surface area contributed by atoms with Gasteiger partial charge in [0.25, 0.3) is 0 Å². The molecular weight excluding hydrogens is 236 g/mol. The summed E-state index contributed by atoms with van der Waals surface area (Å²) < 4.78 is 0. The lowest BCUT2D eigenvalue weighted by Crippen LogP contribution is -2.58. The van der Waals surface area contributed by atoms with Gasteiger partial charge in [0.2, 0.25) is 0 Å². The van der Waals surface area contributed by atoms with Crippen LogP contribution in [0.2, 0.25) is 0 Å². The number of nitro groups is 2. The number of nitrogens with zero attached hydrogens (tertiary/aromatic N) is 2. The summed E-state index contributed by atoms with van der Waals surface area (Å²) in [6, 6.07) is 0. The molecule has 0 N–H and O–H groups in total. The van der Waals surface area contributed by atoms with Gasteiger partial charge in [0.05, 0.1) is 0 Å². The predicted octanol–water partition coefficient (Wildman–Crippen LogP) is 2.99. The van der Waals surface area contributed by atoms with E-state index in [0.29, 0.717) is 0 Å². The van der Waals surface area contributed by atoms with Gasteiger partial charge in [-0.3, -0.25) is 20.2 Å². The van der Waals surface area contributed by atoms with Gasteiger partial charge in [0.15, 0.2) is 0 Å². The first-order valence-corrected chi connectivity index (χ1v) is 5.92. The molecule has 0 heterocycles. The number of hydrogen-bond acceptors (Lipinski definition) is 4. The Bertz CT molecular complexity index is 342.